The Balaban J connectivity index is 2.86. The van der Waals surface area contributed by atoms with Crippen LogP contribution in [0.4, 0.5) is 26.3 Å². The Morgan fingerprint density at radius 2 is 1.69 bits per heavy atom. The van der Waals surface area contributed by atoms with Crippen LogP contribution in [0.15, 0.2) is 27.3 Å². The first-order chi connectivity index (χ1) is 13.3. The maximum atomic E-state index is 13.0. The number of alkyl halides is 6. The molecule has 0 spiro atoms. The van der Waals surface area contributed by atoms with Crippen molar-refractivity contribution in [2.24, 2.45) is 16.0 Å². The van der Waals surface area contributed by atoms with E-state index >= 15 is 0 Å². The lowest BCUT2D eigenvalue weighted by Crippen LogP contribution is -2.16. The zero-order valence-electron chi connectivity index (χ0n) is 13.4. The molecule has 0 unspecified atom stereocenters. The van der Waals surface area contributed by atoms with Gasteiger partial charge in [0.05, 0.1) is 26.7 Å². The van der Waals surface area contributed by atoms with Gasteiger partial charge in [-0.25, -0.2) is 4.68 Å². The molecular formula is C13H7Cl2F6N5O2S. The molecule has 2 aromatic rings. The van der Waals surface area contributed by atoms with E-state index in [1.165, 1.54) is 0 Å². The van der Waals surface area contributed by atoms with Crippen molar-refractivity contribution in [3.63, 3.8) is 0 Å². The first kappa shape index (κ1) is 23.0. The van der Waals surface area contributed by atoms with E-state index in [4.69, 9.17) is 39.4 Å². The molecule has 0 amide bonds. The molecule has 4 N–H and O–H groups in total. The first-order valence-electron chi connectivity index (χ1n) is 6.90. The fourth-order valence-electron chi connectivity index (χ4n) is 2.12. The lowest BCUT2D eigenvalue weighted by molar-refractivity contribution is -0.137. The van der Waals surface area contributed by atoms with Gasteiger partial charge in [-0.2, -0.15) is 31.4 Å². The maximum Gasteiger partial charge on any atom is 0.446 e. The quantitative estimate of drug-likeness (QED) is 0.146. The molecule has 16 heteroatoms. The molecular weight excluding hydrogens is 475 g/mol. The van der Waals surface area contributed by atoms with Crippen LogP contribution in [0, 0.1) is 0 Å². The molecule has 0 aliphatic carbocycles. The van der Waals surface area contributed by atoms with Crippen LogP contribution >= 0.6 is 35.0 Å². The van der Waals surface area contributed by atoms with Crippen LogP contribution < -0.4 is 5.73 Å². The van der Waals surface area contributed by atoms with Crippen molar-refractivity contribution >= 4 is 47.0 Å². The van der Waals surface area contributed by atoms with E-state index in [-0.39, 0.29) is 0 Å². The average molecular weight is 482 g/mol. The van der Waals surface area contributed by atoms with Gasteiger partial charge in [0.25, 0.3) is 0 Å². The standard InChI is InChI=1S/C13H7Cl2F6N5O2S/c14-5-1-4(12(16,17)18)2-6(15)9(5)26-7(3-23-27)10(29-13(19,20)21)8(24-26)11(22)25-28/h1-3,27-28H,(H2,22,25)/b23-3-. The van der Waals surface area contributed by atoms with Gasteiger partial charge in [-0.05, 0) is 23.9 Å². The Bertz CT molecular complexity index is 966. The Morgan fingerprint density at radius 3 is 2.10 bits per heavy atom. The van der Waals surface area contributed by atoms with Crippen molar-refractivity contribution in [1.82, 2.24) is 9.78 Å². The summed E-state index contributed by atoms with van der Waals surface area (Å²) >= 11 is 11.0. The third-order valence-electron chi connectivity index (χ3n) is 3.18. The summed E-state index contributed by atoms with van der Waals surface area (Å²) in [6.45, 7) is 0. The van der Waals surface area contributed by atoms with Crippen LogP contribution in [0.25, 0.3) is 5.69 Å². The molecule has 7 nitrogen and oxygen atoms in total. The number of benzene rings is 1. The summed E-state index contributed by atoms with van der Waals surface area (Å²) in [4.78, 5) is -0.780. The Labute approximate surface area is 171 Å². The number of nitrogens with zero attached hydrogens (tertiary/aromatic N) is 4. The number of aromatic nitrogens is 2. The van der Waals surface area contributed by atoms with Crippen LogP contribution in [0.3, 0.4) is 0 Å². The molecule has 0 radical (unpaired) electrons. The van der Waals surface area contributed by atoms with E-state index in [2.05, 4.69) is 15.4 Å². The fourth-order valence-corrected chi connectivity index (χ4v) is 3.48. The van der Waals surface area contributed by atoms with Crippen LogP contribution in [0.1, 0.15) is 17.0 Å². The van der Waals surface area contributed by atoms with Crippen LogP contribution in [-0.2, 0) is 6.18 Å². The Morgan fingerprint density at radius 1 is 1.14 bits per heavy atom. The normalized spacial score (nSPS) is 13.4. The Kier molecular flexibility index (Phi) is 6.49. The molecule has 1 aromatic carbocycles. The number of nitrogens with two attached hydrogens (primary N) is 1. The second-order valence-electron chi connectivity index (χ2n) is 5.04. The molecule has 0 bridgehead atoms. The summed E-state index contributed by atoms with van der Waals surface area (Å²) in [5.74, 6) is -0.859. The molecule has 0 aliphatic rings. The number of hydrogen-bond acceptors (Lipinski definition) is 6. The highest BCUT2D eigenvalue weighted by molar-refractivity contribution is 8.00. The molecule has 0 atom stereocenters. The van der Waals surface area contributed by atoms with E-state index in [9.17, 15) is 26.3 Å². The van der Waals surface area contributed by atoms with E-state index in [0.717, 1.165) is 0 Å². The summed E-state index contributed by atoms with van der Waals surface area (Å²) in [5.41, 5.74) is -2.52. The van der Waals surface area contributed by atoms with Crippen molar-refractivity contribution in [3.8, 4) is 5.69 Å². The Hall–Kier alpha value is -2.32. The minimum absolute atomic E-state index is 0.461. The minimum atomic E-state index is -4.88. The topological polar surface area (TPSA) is 109 Å². The second-order valence-corrected chi connectivity index (χ2v) is 6.93. The molecule has 29 heavy (non-hydrogen) atoms. The molecule has 0 saturated carbocycles. The molecule has 0 saturated heterocycles. The third-order valence-corrected chi connectivity index (χ3v) is 4.59. The van der Waals surface area contributed by atoms with Crippen molar-refractivity contribution in [2.45, 2.75) is 16.6 Å². The zero-order chi connectivity index (χ0) is 22.1. The molecule has 1 aromatic heterocycles. The van der Waals surface area contributed by atoms with Gasteiger partial charge in [-0.15, -0.1) is 0 Å². The summed E-state index contributed by atoms with van der Waals surface area (Å²) in [6, 6.07) is 0.952. The lowest BCUT2D eigenvalue weighted by Gasteiger charge is -2.13. The van der Waals surface area contributed by atoms with Crippen molar-refractivity contribution in [1.29, 1.82) is 0 Å². The number of thioether (sulfide) groups is 1. The molecule has 158 valence electrons. The predicted molar refractivity (Wildman–Crippen MR) is 92.4 cm³/mol. The van der Waals surface area contributed by atoms with Crippen molar-refractivity contribution < 1.29 is 36.8 Å². The number of oxime groups is 2. The van der Waals surface area contributed by atoms with Gasteiger partial charge in [-0.3, -0.25) is 0 Å². The van der Waals surface area contributed by atoms with Crippen LogP contribution in [-0.4, -0.2) is 37.8 Å². The summed E-state index contributed by atoms with van der Waals surface area (Å²) in [7, 11) is 0. The number of hydrogen-bond donors (Lipinski definition) is 3. The van der Waals surface area contributed by atoms with E-state index < -0.39 is 66.9 Å². The predicted octanol–water partition coefficient (Wildman–Crippen LogP) is 4.71. The van der Waals surface area contributed by atoms with Gasteiger partial charge in [0.1, 0.15) is 17.1 Å². The van der Waals surface area contributed by atoms with Gasteiger partial charge in [0.2, 0.25) is 0 Å². The summed E-state index contributed by atoms with van der Waals surface area (Å²) in [5, 5.41) is 25.3. The van der Waals surface area contributed by atoms with E-state index in [1.807, 2.05) is 0 Å². The highest BCUT2D eigenvalue weighted by atomic mass is 35.5. The van der Waals surface area contributed by atoms with Crippen molar-refractivity contribution in [2.75, 3.05) is 0 Å². The van der Waals surface area contributed by atoms with Gasteiger partial charge in [0, 0.05) is 0 Å². The van der Waals surface area contributed by atoms with E-state index in [1.54, 1.807) is 0 Å². The maximum absolute atomic E-state index is 13.0. The summed E-state index contributed by atoms with van der Waals surface area (Å²) < 4.78 is 78.2. The second kappa shape index (κ2) is 8.20. The molecule has 0 aliphatic heterocycles. The molecule has 1 heterocycles. The average Bonchev–Trinajstić information content (AvgIpc) is 2.90. The van der Waals surface area contributed by atoms with Gasteiger partial charge >= 0.3 is 11.7 Å². The lowest BCUT2D eigenvalue weighted by atomic mass is 10.2. The monoisotopic (exact) mass is 481 g/mol. The van der Waals surface area contributed by atoms with E-state index in [0.29, 0.717) is 23.0 Å². The third kappa shape index (κ3) is 5.00. The van der Waals surface area contributed by atoms with Crippen LogP contribution in [0.2, 0.25) is 10.0 Å². The highest BCUT2D eigenvalue weighted by Crippen LogP contribution is 2.43. The molecule has 2 rings (SSSR count). The largest absolute Gasteiger partial charge is 0.446 e. The zero-order valence-corrected chi connectivity index (χ0v) is 15.8. The summed E-state index contributed by atoms with van der Waals surface area (Å²) in [6.07, 6.45) is -4.30. The SMILES string of the molecule is NC(=NO)c1nn(-c2c(Cl)cc(C(F)(F)F)cc2Cl)c(/C=N\O)c1SC(F)(F)F. The van der Waals surface area contributed by atoms with Crippen LogP contribution in [0.5, 0.6) is 0 Å². The highest BCUT2D eigenvalue weighted by Gasteiger charge is 2.36. The number of amidine groups is 1. The first-order valence-corrected chi connectivity index (χ1v) is 8.48. The van der Waals surface area contributed by atoms with Gasteiger partial charge < -0.3 is 16.1 Å². The number of halogens is 8. The molecule has 0 fully saturated rings. The van der Waals surface area contributed by atoms with Crippen molar-refractivity contribution in [3.05, 3.63) is 39.1 Å². The van der Waals surface area contributed by atoms with Gasteiger partial charge in [0.15, 0.2) is 5.84 Å². The smallest absolute Gasteiger partial charge is 0.411 e. The minimum Gasteiger partial charge on any atom is -0.411 e. The fraction of sp³-hybridized carbons (Fsp3) is 0.154. The van der Waals surface area contributed by atoms with Gasteiger partial charge in [-0.1, -0.05) is 33.5 Å². The number of rotatable bonds is 4.